The van der Waals surface area contributed by atoms with E-state index >= 15 is 0 Å². The molecule has 39 heavy (non-hydrogen) atoms. The third kappa shape index (κ3) is 9.54. The predicted octanol–water partition coefficient (Wildman–Crippen LogP) is 8.39. The van der Waals surface area contributed by atoms with Crippen LogP contribution in [0.5, 0.6) is 5.75 Å². The van der Waals surface area contributed by atoms with Gasteiger partial charge in [-0.05, 0) is 75.9 Å². The second-order valence-electron chi connectivity index (χ2n) is 11.3. The van der Waals surface area contributed by atoms with Crippen LogP contribution in [0, 0.1) is 5.92 Å². The van der Waals surface area contributed by atoms with Crippen molar-refractivity contribution in [3.63, 3.8) is 0 Å². The van der Waals surface area contributed by atoms with Crippen LogP contribution in [-0.2, 0) is 22.7 Å². The number of rotatable bonds is 15. The molecule has 210 valence electrons. The zero-order chi connectivity index (χ0) is 28.2. The lowest BCUT2D eigenvalue weighted by molar-refractivity contribution is -0.148. The average Bonchev–Trinajstić information content (AvgIpc) is 2.93. The molecule has 0 heterocycles. The molecule has 0 saturated carbocycles. The number of nitrogens with zero attached hydrogens (tertiary/aromatic N) is 1. The topological polar surface area (TPSA) is 38.8 Å². The summed E-state index contributed by atoms with van der Waals surface area (Å²) in [6.07, 6.45) is 3.27. The van der Waals surface area contributed by atoms with Gasteiger partial charge in [0.15, 0.2) is 0 Å². The zero-order valence-electron chi connectivity index (χ0n) is 24.7. The van der Waals surface area contributed by atoms with E-state index in [1.165, 1.54) is 5.56 Å². The van der Waals surface area contributed by atoms with E-state index in [1.807, 2.05) is 44.2 Å². The van der Waals surface area contributed by atoms with E-state index < -0.39 is 0 Å². The highest BCUT2D eigenvalue weighted by atomic mass is 16.5. The van der Waals surface area contributed by atoms with Crippen LogP contribution in [-0.4, -0.2) is 29.5 Å². The minimum Gasteiger partial charge on any atom is -0.489 e. The number of unbranched alkanes of at least 4 members (excludes halogenated alkanes) is 1. The SMILES string of the molecule is CC(C)C(=O)OCc1ccc(OCc2ccccc2)c(C(CCCCN(C(C)C)C(C)C)c2ccccc2)c1. The van der Waals surface area contributed by atoms with Crippen LogP contribution in [0.4, 0.5) is 0 Å². The van der Waals surface area contributed by atoms with E-state index in [2.05, 4.69) is 81.1 Å². The molecule has 0 saturated heterocycles. The highest BCUT2D eigenvalue weighted by Gasteiger charge is 2.21. The Kier molecular flexibility index (Phi) is 12.1. The van der Waals surface area contributed by atoms with E-state index in [0.29, 0.717) is 18.7 Å². The van der Waals surface area contributed by atoms with Crippen molar-refractivity contribution < 1.29 is 14.3 Å². The quantitative estimate of drug-likeness (QED) is 0.146. The molecule has 0 amide bonds. The molecule has 0 N–H and O–H groups in total. The maximum atomic E-state index is 12.2. The molecule has 0 aliphatic rings. The van der Waals surface area contributed by atoms with Crippen molar-refractivity contribution in [3.8, 4) is 5.75 Å². The fraction of sp³-hybridized carbons (Fsp3) is 0.457. The Morgan fingerprint density at radius 2 is 1.38 bits per heavy atom. The van der Waals surface area contributed by atoms with E-state index in [-0.39, 0.29) is 24.4 Å². The van der Waals surface area contributed by atoms with Gasteiger partial charge in [-0.15, -0.1) is 0 Å². The highest BCUT2D eigenvalue weighted by Crippen LogP contribution is 2.37. The average molecular weight is 530 g/mol. The summed E-state index contributed by atoms with van der Waals surface area (Å²) in [5.41, 5.74) is 4.55. The van der Waals surface area contributed by atoms with Crippen molar-refractivity contribution in [1.82, 2.24) is 4.90 Å². The smallest absolute Gasteiger partial charge is 0.308 e. The Bertz CT molecular complexity index is 1120. The number of esters is 1. The second-order valence-corrected chi connectivity index (χ2v) is 11.3. The van der Waals surface area contributed by atoms with Gasteiger partial charge in [-0.2, -0.15) is 0 Å². The van der Waals surface area contributed by atoms with Gasteiger partial charge < -0.3 is 9.47 Å². The molecule has 1 unspecified atom stereocenters. The molecule has 0 aliphatic heterocycles. The number of hydrogen-bond acceptors (Lipinski definition) is 4. The first kappa shape index (κ1) is 30.4. The standard InChI is InChI=1S/C35H47NO3/c1-26(2)35(37)39-25-30-20-21-34(38-24-29-15-9-7-10-16-29)33(23-30)32(31-17-11-8-12-18-31)19-13-14-22-36(27(3)4)28(5)6/h7-12,15-18,20-21,23,26-28,32H,13-14,19,22,24-25H2,1-6H3. The summed E-state index contributed by atoms with van der Waals surface area (Å²) in [5, 5.41) is 0. The van der Waals surface area contributed by atoms with Gasteiger partial charge in [0, 0.05) is 23.6 Å². The third-order valence-electron chi connectivity index (χ3n) is 7.23. The summed E-state index contributed by atoms with van der Waals surface area (Å²) < 4.78 is 12.0. The first-order chi connectivity index (χ1) is 18.8. The van der Waals surface area contributed by atoms with Crippen LogP contribution < -0.4 is 4.74 Å². The van der Waals surface area contributed by atoms with Crippen molar-refractivity contribution in [2.45, 2.75) is 92.0 Å². The fourth-order valence-electron chi connectivity index (χ4n) is 5.09. The lowest BCUT2D eigenvalue weighted by Crippen LogP contribution is -2.37. The maximum Gasteiger partial charge on any atom is 0.308 e. The van der Waals surface area contributed by atoms with Gasteiger partial charge in [-0.3, -0.25) is 9.69 Å². The van der Waals surface area contributed by atoms with Crippen LogP contribution in [0.15, 0.2) is 78.9 Å². The Hall–Kier alpha value is -3.11. The van der Waals surface area contributed by atoms with Gasteiger partial charge in [0.1, 0.15) is 19.0 Å². The van der Waals surface area contributed by atoms with Crippen molar-refractivity contribution in [3.05, 3.63) is 101 Å². The van der Waals surface area contributed by atoms with Gasteiger partial charge in [0.2, 0.25) is 0 Å². The molecule has 3 rings (SSSR count). The van der Waals surface area contributed by atoms with Gasteiger partial charge >= 0.3 is 5.97 Å². The van der Waals surface area contributed by atoms with Crippen LogP contribution in [0.3, 0.4) is 0 Å². The number of carbonyl (C=O) groups is 1. The number of hydrogen-bond donors (Lipinski definition) is 0. The minimum absolute atomic E-state index is 0.147. The number of ether oxygens (including phenoxy) is 2. The molecule has 3 aromatic rings. The molecule has 4 nitrogen and oxygen atoms in total. The molecule has 0 radical (unpaired) electrons. The number of benzene rings is 3. The minimum atomic E-state index is -0.180. The van der Waals surface area contributed by atoms with E-state index in [4.69, 9.17) is 9.47 Å². The summed E-state index contributed by atoms with van der Waals surface area (Å²) in [6, 6.07) is 28.3. The van der Waals surface area contributed by atoms with Gasteiger partial charge in [-0.25, -0.2) is 0 Å². The summed E-state index contributed by atoms with van der Waals surface area (Å²) in [5.74, 6) is 0.744. The van der Waals surface area contributed by atoms with Crippen LogP contribution in [0.2, 0.25) is 0 Å². The summed E-state index contributed by atoms with van der Waals surface area (Å²) in [7, 11) is 0. The Labute approximate surface area is 236 Å². The lowest BCUT2D eigenvalue weighted by Gasteiger charge is -2.30. The molecule has 0 bridgehead atoms. The molecular weight excluding hydrogens is 482 g/mol. The second kappa shape index (κ2) is 15.5. The number of carbonyl (C=O) groups excluding carboxylic acids is 1. The Balaban J connectivity index is 1.87. The summed E-state index contributed by atoms with van der Waals surface area (Å²) in [6.45, 7) is 14.7. The first-order valence-electron chi connectivity index (χ1n) is 14.5. The van der Waals surface area contributed by atoms with Crippen molar-refractivity contribution >= 4 is 5.97 Å². The Morgan fingerprint density at radius 3 is 2.00 bits per heavy atom. The highest BCUT2D eigenvalue weighted by molar-refractivity contribution is 5.71. The van der Waals surface area contributed by atoms with Crippen LogP contribution in [0.25, 0.3) is 0 Å². The third-order valence-corrected chi connectivity index (χ3v) is 7.23. The predicted molar refractivity (Wildman–Crippen MR) is 161 cm³/mol. The van der Waals surface area contributed by atoms with E-state index in [0.717, 1.165) is 48.2 Å². The van der Waals surface area contributed by atoms with E-state index in [1.54, 1.807) is 0 Å². The van der Waals surface area contributed by atoms with Gasteiger partial charge in [0.05, 0.1) is 5.92 Å². The van der Waals surface area contributed by atoms with Gasteiger partial charge in [0.25, 0.3) is 0 Å². The molecule has 0 aliphatic carbocycles. The molecule has 4 heteroatoms. The van der Waals surface area contributed by atoms with E-state index in [9.17, 15) is 4.79 Å². The normalized spacial score (nSPS) is 12.4. The molecular formula is C35H47NO3. The zero-order valence-corrected chi connectivity index (χ0v) is 24.7. The molecule has 3 aromatic carbocycles. The first-order valence-corrected chi connectivity index (χ1v) is 14.5. The Morgan fingerprint density at radius 1 is 0.744 bits per heavy atom. The van der Waals surface area contributed by atoms with Gasteiger partial charge in [-0.1, -0.05) is 87.0 Å². The molecule has 1 atom stereocenters. The van der Waals surface area contributed by atoms with Crippen molar-refractivity contribution in [2.75, 3.05) is 6.54 Å². The maximum absolute atomic E-state index is 12.2. The fourth-order valence-corrected chi connectivity index (χ4v) is 5.09. The monoisotopic (exact) mass is 529 g/mol. The molecule has 0 spiro atoms. The van der Waals surface area contributed by atoms with Crippen molar-refractivity contribution in [1.29, 1.82) is 0 Å². The largest absolute Gasteiger partial charge is 0.489 e. The molecule has 0 fully saturated rings. The van der Waals surface area contributed by atoms with Crippen LogP contribution >= 0.6 is 0 Å². The van der Waals surface area contributed by atoms with Crippen LogP contribution in [0.1, 0.15) is 89.0 Å². The molecule has 0 aromatic heterocycles. The summed E-state index contributed by atoms with van der Waals surface area (Å²) >= 11 is 0. The lowest BCUT2D eigenvalue weighted by atomic mass is 9.85. The van der Waals surface area contributed by atoms with Crippen molar-refractivity contribution in [2.24, 2.45) is 5.92 Å². The summed E-state index contributed by atoms with van der Waals surface area (Å²) in [4.78, 5) is 14.7.